The predicted molar refractivity (Wildman–Crippen MR) is 104 cm³/mol. The van der Waals surface area contributed by atoms with Gasteiger partial charge in [-0.15, -0.1) is 6.58 Å². The van der Waals surface area contributed by atoms with Crippen LogP contribution >= 0.6 is 0 Å². The normalized spacial score (nSPS) is 11.4. The molecule has 0 fully saturated rings. The minimum Gasteiger partial charge on any atom is -0.444 e. The number of benzene rings is 1. The third-order valence-electron chi connectivity index (χ3n) is 3.87. The number of allylic oxidation sites excluding steroid dienone is 1. The van der Waals surface area contributed by atoms with Gasteiger partial charge in [-0.05, 0) is 44.0 Å². The second kappa shape index (κ2) is 10.4. The fourth-order valence-corrected chi connectivity index (χ4v) is 2.47. The van der Waals surface area contributed by atoms with Crippen LogP contribution in [-0.4, -0.2) is 42.5 Å². The number of oxazole rings is 1. The summed E-state index contributed by atoms with van der Waals surface area (Å²) in [4.78, 5) is 11.2. The number of halogens is 1. The standard InChI is InChI=1S/C20H27FN4O/c1-4-6-7-14-25(3)20(22-5-2)23-13-12-18-15-26-19(24-18)16-8-10-17(21)11-9-16/h4,8-11,15H,1,5-7,12-14H2,2-3H3,(H,22,23). The minimum atomic E-state index is -0.275. The first-order valence-corrected chi connectivity index (χ1v) is 8.94. The lowest BCUT2D eigenvalue weighted by Crippen LogP contribution is -2.39. The topological polar surface area (TPSA) is 53.7 Å². The molecule has 0 radical (unpaired) electrons. The Morgan fingerprint density at radius 1 is 1.38 bits per heavy atom. The highest BCUT2D eigenvalue weighted by Crippen LogP contribution is 2.19. The third-order valence-corrected chi connectivity index (χ3v) is 3.87. The highest BCUT2D eigenvalue weighted by atomic mass is 19.1. The van der Waals surface area contributed by atoms with E-state index < -0.39 is 0 Å². The molecule has 0 saturated carbocycles. The van der Waals surface area contributed by atoms with Gasteiger partial charge in [-0.2, -0.15) is 0 Å². The van der Waals surface area contributed by atoms with Crippen molar-refractivity contribution in [3.63, 3.8) is 0 Å². The number of guanidine groups is 1. The summed E-state index contributed by atoms with van der Waals surface area (Å²) in [7, 11) is 2.04. The van der Waals surface area contributed by atoms with E-state index in [-0.39, 0.29) is 5.82 Å². The molecule has 0 aliphatic carbocycles. The Morgan fingerprint density at radius 2 is 2.15 bits per heavy atom. The van der Waals surface area contributed by atoms with Crippen LogP contribution < -0.4 is 5.32 Å². The summed E-state index contributed by atoms with van der Waals surface area (Å²) >= 11 is 0. The van der Waals surface area contributed by atoms with Gasteiger partial charge in [0.15, 0.2) is 5.96 Å². The Bertz CT molecular complexity index is 709. The van der Waals surface area contributed by atoms with Crippen LogP contribution in [0.4, 0.5) is 4.39 Å². The number of aromatic nitrogens is 1. The maximum Gasteiger partial charge on any atom is 0.226 e. The largest absolute Gasteiger partial charge is 0.444 e. The smallest absolute Gasteiger partial charge is 0.226 e. The van der Waals surface area contributed by atoms with Gasteiger partial charge in [-0.25, -0.2) is 9.37 Å². The maximum atomic E-state index is 13.0. The Kier molecular flexibility index (Phi) is 7.86. The van der Waals surface area contributed by atoms with Gasteiger partial charge in [-0.3, -0.25) is 4.99 Å². The van der Waals surface area contributed by atoms with Crippen LogP contribution in [-0.2, 0) is 6.42 Å². The van der Waals surface area contributed by atoms with Crippen LogP contribution in [0.5, 0.6) is 0 Å². The predicted octanol–water partition coefficient (Wildman–Crippen LogP) is 3.89. The molecular formula is C20H27FN4O. The first-order valence-electron chi connectivity index (χ1n) is 8.94. The van der Waals surface area contributed by atoms with Crippen LogP contribution in [0.25, 0.3) is 11.5 Å². The third kappa shape index (κ3) is 6.02. The van der Waals surface area contributed by atoms with Gasteiger partial charge >= 0.3 is 0 Å². The number of unbranched alkanes of at least 4 members (excludes halogenated alkanes) is 1. The number of aliphatic imine (C=N–C) groups is 1. The van der Waals surface area contributed by atoms with Crippen molar-refractivity contribution in [2.24, 2.45) is 4.99 Å². The van der Waals surface area contributed by atoms with E-state index in [0.29, 0.717) is 18.9 Å². The summed E-state index contributed by atoms with van der Waals surface area (Å²) in [6.07, 6.45) is 6.29. The summed E-state index contributed by atoms with van der Waals surface area (Å²) in [5.41, 5.74) is 1.59. The van der Waals surface area contributed by atoms with Crippen molar-refractivity contribution in [2.75, 3.05) is 26.7 Å². The highest BCUT2D eigenvalue weighted by molar-refractivity contribution is 5.79. The van der Waals surface area contributed by atoms with Gasteiger partial charge in [0.2, 0.25) is 5.89 Å². The molecule has 2 rings (SSSR count). The fourth-order valence-electron chi connectivity index (χ4n) is 2.47. The molecule has 5 nitrogen and oxygen atoms in total. The quantitative estimate of drug-likeness (QED) is 0.320. The summed E-state index contributed by atoms with van der Waals surface area (Å²) in [5.74, 6) is 1.11. The van der Waals surface area contributed by atoms with Crippen LogP contribution in [0.15, 0.2) is 52.6 Å². The molecule has 0 saturated heterocycles. The highest BCUT2D eigenvalue weighted by Gasteiger charge is 2.08. The number of rotatable bonds is 9. The molecule has 0 spiro atoms. The molecule has 140 valence electrons. The second-order valence-electron chi connectivity index (χ2n) is 5.99. The van der Waals surface area contributed by atoms with Gasteiger partial charge in [0.1, 0.15) is 12.1 Å². The Balaban J connectivity index is 1.92. The van der Waals surface area contributed by atoms with E-state index in [1.165, 1.54) is 12.1 Å². The summed E-state index contributed by atoms with van der Waals surface area (Å²) in [6, 6.07) is 6.11. The molecule has 0 unspecified atom stereocenters. The van der Waals surface area contributed by atoms with Crippen LogP contribution in [0, 0.1) is 5.82 Å². The molecule has 0 amide bonds. The summed E-state index contributed by atoms with van der Waals surface area (Å²) < 4.78 is 18.5. The van der Waals surface area contributed by atoms with E-state index in [0.717, 1.165) is 43.1 Å². The molecule has 0 atom stereocenters. The van der Waals surface area contributed by atoms with Crippen LogP contribution in [0.3, 0.4) is 0 Å². The van der Waals surface area contributed by atoms with E-state index in [1.54, 1.807) is 18.4 Å². The van der Waals surface area contributed by atoms with Crippen molar-refractivity contribution in [3.05, 3.63) is 54.7 Å². The van der Waals surface area contributed by atoms with E-state index in [9.17, 15) is 4.39 Å². The fraction of sp³-hybridized carbons (Fsp3) is 0.400. The second-order valence-corrected chi connectivity index (χ2v) is 5.99. The molecule has 0 aliphatic heterocycles. The Hall–Kier alpha value is -2.63. The number of nitrogens with one attached hydrogen (secondary N) is 1. The van der Waals surface area contributed by atoms with E-state index in [1.807, 2.05) is 13.1 Å². The SMILES string of the molecule is C=CCCCN(C)C(=NCCc1coc(-c2ccc(F)cc2)n1)NCC. The van der Waals surface area contributed by atoms with Crippen LogP contribution in [0.1, 0.15) is 25.5 Å². The molecule has 0 bridgehead atoms. The Labute approximate surface area is 154 Å². The van der Waals surface area contributed by atoms with Gasteiger partial charge in [0, 0.05) is 38.7 Å². The molecule has 1 N–H and O–H groups in total. The average molecular weight is 358 g/mol. The number of hydrogen-bond acceptors (Lipinski definition) is 3. The van der Waals surface area contributed by atoms with Crippen molar-refractivity contribution >= 4 is 5.96 Å². The average Bonchev–Trinajstić information content (AvgIpc) is 3.10. The molecular weight excluding hydrogens is 331 g/mol. The molecule has 26 heavy (non-hydrogen) atoms. The minimum absolute atomic E-state index is 0.275. The lowest BCUT2D eigenvalue weighted by molar-refractivity contribution is 0.470. The zero-order valence-corrected chi connectivity index (χ0v) is 15.5. The van der Waals surface area contributed by atoms with Crippen molar-refractivity contribution < 1.29 is 8.81 Å². The summed E-state index contributed by atoms with van der Waals surface area (Å²) in [5, 5.41) is 3.30. The van der Waals surface area contributed by atoms with Gasteiger partial charge in [-0.1, -0.05) is 6.08 Å². The monoisotopic (exact) mass is 358 g/mol. The maximum absolute atomic E-state index is 13.0. The molecule has 2 aromatic rings. The lowest BCUT2D eigenvalue weighted by Gasteiger charge is -2.21. The lowest BCUT2D eigenvalue weighted by atomic mass is 10.2. The van der Waals surface area contributed by atoms with E-state index >= 15 is 0 Å². The van der Waals surface area contributed by atoms with Crippen molar-refractivity contribution in [1.29, 1.82) is 0 Å². The first-order chi connectivity index (χ1) is 12.6. The van der Waals surface area contributed by atoms with Crippen molar-refractivity contribution in [3.8, 4) is 11.5 Å². The van der Waals surface area contributed by atoms with E-state index in [2.05, 4.69) is 33.7 Å². The van der Waals surface area contributed by atoms with Gasteiger partial charge < -0.3 is 14.6 Å². The Morgan fingerprint density at radius 3 is 2.85 bits per heavy atom. The van der Waals surface area contributed by atoms with Crippen molar-refractivity contribution in [1.82, 2.24) is 15.2 Å². The zero-order chi connectivity index (χ0) is 18.8. The van der Waals surface area contributed by atoms with E-state index in [4.69, 9.17) is 4.42 Å². The number of nitrogens with zero attached hydrogens (tertiary/aromatic N) is 3. The molecule has 1 aromatic heterocycles. The molecule has 1 aromatic carbocycles. The van der Waals surface area contributed by atoms with Crippen molar-refractivity contribution in [2.45, 2.75) is 26.2 Å². The first kappa shape index (κ1) is 19.7. The van der Waals surface area contributed by atoms with Crippen LogP contribution in [0.2, 0.25) is 0 Å². The summed E-state index contributed by atoms with van der Waals surface area (Å²) in [6.45, 7) is 8.17. The zero-order valence-electron chi connectivity index (χ0n) is 15.5. The number of hydrogen-bond donors (Lipinski definition) is 1. The molecule has 0 aliphatic rings. The van der Waals surface area contributed by atoms with Gasteiger partial charge in [0.25, 0.3) is 0 Å². The molecule has 6 heteroatoms. The molecule has 1 heterocycles. The van der Waals surface area contributed by atoms with Gasteiger partial charge in [0.05, 0.1) is 5.69 Å².